The molecule has 2 amide bonds. The van der Waals surface area contributed by atoms with Crippen molar-refractivity contribution in [3.05, 3.63) is 34.4 Å². The van der Waals surface area contributed by atoms with Gasteiger partial charge in [0, 0.05) is 44.3 Å². The van der Waals surface area contributed by atoms with Crippen molar-refractivity contribution in [2.45, 2.75) is 12.8 Å². The number of hydroxylamine groups is 2. The Morgan fingerprint density at radius 2 is 1.70 bits per heavy atom. The summed E-state index contributed by atoms with van der Waals surface area (Å²) in [6, 6.07) is 5.91. The molecule has 11 heteroatoms. The van der Waals surface area contributed by atoms with E-state index in [-0.39, 0.29) is 30.3 Å². The van der Waals surface area contributed by atoms with Gasteiger partial charge >= 0.3 is 0 Å². The summed E-state index contributed by atoms with van der Waals surface area (Å²) in [4.78, 5) is 37.5. The number of amides is 2. The molecule has 0 aromatic heterocycles. The molecule has 2 saturated heterocycles. The van der Waals surface area contributed by atoms with E-state index in [9.17, 15) is 19.7 Å². The Morgan fingerprint density at radius 3 is 1.96 bits per heavy atom. The molecule has 0 spiro atoms. The maximum absolute atomic E-state index is 10.6. The first-order valence-electron chi connectivity index (χ1n) is 7.86. The Hall–Kier alpha value is -2.24. The third-order valence-electron chi connectivity index (χ3n) is 3.44. The van der Waals surface area contributed by atoms with Crippen LogP contribution in [0.4, 0.5) is 5.69 Å². The van der Waals surface area contributed by atoms with E-state index in [1.807, 2.05) is 7.05 Å². The first kappa shape index (κ1) is 22.8. The molecule has 0 unspecified atom stereocenters. The lowest BCUT2D eigenvalue weighted by molar-refractivity contribution is -0.384. The molecule has 2 heterocycles. The predicted octanol–water partition coefficient (Wildman–Crippen LogP) is 2.25. The van der Waals surface area contributed by atoms with Crippen LogP contribution in [0.25, 0.3) is 0 Å². The molecule has 0 radical (unpaired) electrons. The number of thiocarbonyl (C=S) groups is 1. The van der Waals surface area contributed by atoms with Crippen molar-refractivity contribution in [2.24, 2.45) is 0 Å². The van der Waals surface area contributed by atoms with Gasteiger partial charge in [-0.1, -0.05) is 24.0 Å². The first-order chi connectivity index (χ1) is 12.8. The molecule has 0 atom stereocenters. The summed E-state index contributed by atoms with van der Waals surface area (Å²) in [5.74, 6) is 1.30. The van der Waals surface area contributed by atoms with Crippen LogP contribution < -0.4 is 4.74 Å². The number of imide groups is 1. The third kappa shape index (κ3) is 7.49. The highest BCUT2D eigenvalue weighted by atomic mass is 32.2. The number of nitro benzene ring substituents is 1. The number of non-ortho nitro benzene ring substituents is 1. The molecule has 2 fully saturated rings. The number of benzene rings is 1. The van der Waals surface area contributed by atoms with Gasteiger partial charge in [-0.25, -0.2) is 0 Å². The lowest BCUT2D eigenvalue weighted by Crippen LogP contribution is -2.27. The largest absolute Gasteiger partial charge is 0.497 e. The maximum Gasteiger partial charge on any atom is 0.269 e. The Labute approximate surface area is 166 Å². The van der Waals surface area contributed by atoms with Gasteiger partial charge < -0.3 is 9.64 Å². The van der Waals surface area contributed by atoms with E-state index in [1.54, 1.807) is 23.9 Å². The van der Waals surface area contributed by atoms with Crippen molar-refractivity contribution in [1.29, 1.82) is 0 Å². The number of hydrogen-bond acceptors (Lipinski definition) is 8. The molecule has 0 saturated carbocycles. The van der Waals surface area contributed by atoms with Crippen LogP contribution >= 0.6 is 24.0 Å². The number of thioether (sulfide) groups is 1. The fourth-order valence-corrected chi connectivity index (χ4v) is 3.13. The van der Waals surface area contributed by atoms with E-state index < -0.39 is 4.92 Å². The van der Waals surface area contributed by atoms with Crippen LogP contribution in [0.2, 0.25) is 0 Å². The highest BCUT2D eigenvalue weighted by molar-refractivity contribution is 8.23. The van der Waals surface area contributed by atoms with E-state index in [0.29, 0.717) is 5.75 Å². The Balaban J connectivity index is 0.000000208. The molecule has 3 rings (SSSR count). The molecular formula is C16H21N3O6S2. The van der Waals surface area contributed by atoms with Crippen molar-refractivity contribution in [2.75, 3.05) is 33.6 Å². The lowest BCUT2D eigenvalue weighted by atomic mass is 10.3. The van der Waals surface area contributed by atoms with Gasteiger partial charge in [0.15, 0.2) is 0 Å². The fourth-order valence-electron chi connectivity index (χ4n) is 1.93. The van der Waals surface area contributed by atoms with E-state index in [1.165, 1.54) is 32.1 Å². The second-order valence-electron chi connectivity index (χ2n) is 5.26. The van der Waals surface area contributed by atoms with Crippen LogP contribution in [-0.2, 0) is 14.4 Å². The molecule has 0 aliphatic carbocycles. The molecule has 2 aliphatic heterocycles. The van der Waals surface area contributed by atoms with Crippen LogP contribution in [0.15, 0.2) is 24.3 Å². The summed E-state index contributed by atoms with van der Waals surface area (Å²) in [6.07, 6.45) is 0.569. The Bertz CT molecular complexity index is 667. The van der Waals surface area contributed by atoms with Gasteiger partial charge in [-0.05, 0) is 12.1 Å². The van der Waals surface area contributed by atoms with E-state index in [4.69, 9.17) is 17.0 Å². The Kier molecular flexibility index (Phi) is 9.68. The van der Waals surface area contributed by atoms with E-state index in [2.05, 4.69) is 9.74 Å². The number of ether oxygens (including phenoxy) is 1. The zero-order valence-electron chi connectivity index (χ0n) is 15.2. The predicted molar refractivity (Wildman–Crippen MR) is 105 cm³/mol. The number of carbonyl (C=O) groups excluding carboxylic acids is 2. The van der Waals surface area contributed by atoms with Crippen LogP contribution in [0.5, 0.6) is 5.75 Å². The Morgan fingerprint density at radius 1 is 1.15 bits per heavy atom. The standard InChI is InChI=1S/C7H7NO3.C5H7NO3.C4H7NS2/c1-11-7-4-2-6(3-5-7)8(9)10;1-9-6-4(7)2-3-5(6)8;1-5-2-3-7-4(5)6/h2-5H,1H3;2-3H2,1H3;2-3H2,1H3. The van der Waals surface area contributed by atoms with Crippen LogP contribution in [0.1, 0.15) is 12.8 Å². The molecule has 0 N–H and O–H groups in total. The summed E-state index contributed by atoms with van der Waals surface area (Å²) >= 11 is 6.69. The topological polar surface area (TPSA) is 102 Å². The summed E-state index contributed by atoms with van der Waals surface area (Å²) in [6.45, 7) is 1.13. The summed E-state index contributed by atoms with van der Waals surface area (Å²) < 4.78 is 5.87. The van der Waals surface area contributed by atoms with E-state index >= 15 is 0 Å². The monoisotopic (exact) mass is 415 g/mol. The first-order valence-corrected chi connectivity index (χ1v) is 9.25. The molecule has 1 aromatic rings. The average molecular weight is 415 g/mol. The van der Waals surface area contributed by atoms with E-state index in [0.717, 1.165) is 15.9 Å². The van der Waals surface area contributed by atoms with Gasteiger partial charge in [0.1, 0.15) is 10.1 Å². The van der Waals surface area contributed by atoms with Crippen LogP contribution in [0, 0.1) is 10.1 Å². The van der Waals surface area contributed by atoms with Gasteiger partial charge in [-0.15, -0.1) is 0 Å². The average Bonchev–Trinajstić information content (AvgIpc) is 3.20. The van der Waals surface area contributed by atoms with Crippen molar-refractivity contribution in [1.82, 2.24) is 9.96 Å². The van der Waals surface area contributed by atoms with Gasteiger partial charge in [0.05, 0.1) is 19.1 Å². The van der Waals surface area contributed by atoms with Crippen LogP contribution in [0.3, 0.4) is 0 Å². The van der Waals surface area contributed by atoms with Gasteiger partial charge in [-0.2, -0.15) is 5.06 Å². The minimum absolute atomic E-state index is 0.0748. The highest BCUT2D eigenvalue weighted by Gasteiger charge is 2.28. The number of hydrogen-bond donors (Lipinski definition) is 0. The van der Waals surface area contributed by atoms with Crippen molar-refractivity contribution < 1.29 is 24.1 Å². The highest BCUT2D eigenvalue weighted by Crippen LogP contribution is 2.16. The quantitative estimate of drug-likeness (QED) is 0.318. The second kappa shape index (κ2) is 11.5. The maximum atomic E-state index is 10.6. The molecule has 9 nitrogen and oxygen atoms in total. The van der Waals surface area contributed by atoms with Gasteiger partial charge in [-0.3, -0.25) is 24.5 Å². The number of carbonyl (C=O) groups is 2. The van der Waals surface area contributed by atoms with Gasteiger partial charge in [0.2, 0.25) is 0 Å². The number of nitro groups is 1. The number of methoxy groups -OCH3 is 1. The molecule has 27 heavy (non-hydrogen) atoms. The van der Waals surface area contributed by atoms with Crippen molar-refractivity contribution in [3.8, 4) is 5.75 Å². The minimum atomic E-state index is -0.445. The molecule has 148 valence electrons. The molecule has 2 aliphatic rings. The zero-order valence-corrected chi connectivity index (χ0v) is 16.9. The molecule has 0 bridgehead atoms. The third-order valence-corrected chi connectivity index (χ3v) is 5.05. The second-order valence-corrected chi connectivity index (χ2v) is 6.98. The summed E-state index contributed by atoms with van der Waals surface area (Å²) in [5, 5.41) is 11.0. The van der Waals surface area contributed by atoms with Crippen molar-refractivity contribution in [3.63, 3.8) is 0 Å². The smallest absolute Gasteiger partial charge is 0.269 e. The minimum Gasteiger partial charge on any atom is -0.497 e. The number of nitrogens with zero attached hydrogens (tertiary/aromatic N) is 3. The van der Waals surface area contributed by atoms with Gasteiger partial charge in [0.25, 0.3) is 17.5 Å². The zero-order chi connectivity index (χ0) is 20.4. The SMILES string of the molecule is CN1CCSC1=S.CON1C(=O)CCC1=O.COc1ccc([N+](=O)[O-])cc1. The van der Waals surface area contributed by atoms with Crippen molar-refractivity contribution >= 4 is 45.8 Å². The molecular weight excluding hydrogens is 394 g/mol. The normalized spacial score (nSPS) is 15.7. The lowest BCUT2D eigenvalue weighted by Gasteiger charge is -2.07. The molecule has 1 aromatic carbocycles. The number of rotatable bonds is 3. The van der Waals surface area contributed by atoms with Crippen LogP contribution in [-0.4, -0.2) is 64.6 Å². The summed E-state index contributed by atoms with van der Waals surface area (Å²) in [5.41, 5.74) is 0.0748. The fraction of sp³-hybridized carbons (Fsp3) is 0.438. The summed E-state index contributed by atoms with van der Waals surface area (Å²) in [7, 11) is 4.85.